The summed E-state index contributed by atoms with van der Waals surface area (Å²) in [5.41, 5.74) is 6.66. The van der Waals surface area contributed by atoms with Gasteiger partial charge in [-0.3, -0.25) is 4.79 Å². The van der Waals surface area contributed by atoms with Gasteiger partial charge >= 0.3 is 0 Å². The highest BCUT2D eigenvalue weighted by molar-refractivity contribution is 5.86. The summed E-state index contributed by atoms with van der Waals surface area (Å²) < 4.78 is 5.60. The van der Waals surface area contributed by atoms with E-state index in [9.17, 15) is 4.79 Å². The standard InChI is InChI=1S/C16H24N2O2/c1-13-6-5-7-14(12-13)20-11-10-18-15(19)16(17)8-3-2-4-9-16/h5-7,12H,2-4,8-11,17H2,1H3,(H,18,19). The molecule has 2 rings (SSSR count). The Kier molecular flexibility index (Phi) is 5.01. The molecule has 0 atom stereocenters. The fraction of sp³-hybridized carbons (Fsp3) is 0.562. The molecule has 4 heteroatoms. The van der Waals surface area contributed by atoms with Crippen molar-refractivity contribution in [3.63, 3.8) is 0 Å². The molecule has 1 amide bonds. The molecule has 0 saturated heterocycles. The van der Waals surface area contributed by atoms with Gasteiger partial charge in [0.2, 0.25) is 5.91 Å². The third kappa shape index (κ3) is 3.97. The summed E-state index contributed by atoms with van der Waals surface area (Å²) in [6.07, 6.45) is 4.85. The second-order valence-electron chi connectivity index (χ2n) is 5.64. The Morgan fingerprint density at radius 1 is 1.35 bits per heavy atom. The molecular weight excluding hydrogens is 252 g/mol. The molecule has 0 aliphatic heterocycles. The zero-order valence-electron chi connectivity index (χ0n) is 12.2. The van der Waals surface area contributed by atoms with Gasteiger partial charge in [-0.2, -0.15) is 0 Å². The molecular formula is C16H24N2O2. The van der Waals surface area contributed by atoms with Crippen LogP contribution in [0.4, 0.5) is 0 Å². The van der Waals surface area contributed by atoms with Gasteiger partial charge in [0.15, 0.2) is 0 Å². The lowest BCUT2D eigenvalue weighted by molar-refractivity contribution is -0.127. The van der Waals surface area contributed by atoms with Crippen LogP contribution in [0, 0.1) is 6.92 Å². The summed E-state index contributed by atoms with van der Waals surface area (Å²) in [6, 6.07) is 7.88. The molecule has 0 radical (unpaired) electrons. The highest BCUT2D eigenvalue weighted by Crippen LogP contribution is 2.25. The van der Waals surface area contributed by atoms with E-state index in [2.05, 4.69) is 5.32 Å². The van der Waals surface area contributed by atoms with Crippen molar-refractivity contribution in [2.24, 2.45) is 5.73 Å². The number of carbonyl (C=O) groups excluding carboxylic acids is 1. The van der Waals surface area contributed by atoms with Crippen LogP contribution in [0.3, 0.4) is 0 Å². The molecule has 4 nitrogen and oxygen atoms in total. The second kappa shape index (κ2) is 6.75. The van der Waals surface area contributed by atoms with Crippen molar-refractivity contribution in [1.82, 2.24) is 5.32 Å². The number of carbonyl (C=O) groups is 1. The minimum absolute atomic E-state index is 0.0370. The summed E-state index contributed by atoms with van der Waals surface area (Å²) >= 11 is 0. The summed E-state index contributed by atoms with van der Waals surface area (Å²) in [5.74, 6) is 0.796. The van der Waals surface area contributed by atoms with Crippen molar-refractivity contribution >= 4 is 5.91 Å². The van der Waals surface area contributed by atoms with E-state index in [-0.39, 0.29) is 5.91 Å². The predicted molar refractivity (Wildman–Crippen MR) is 79.7 cm³/mol. The van der Waals surface area contributed by atoms with Crippen molar-refractivity contribution in [3.05, 3.63) is 29.8 Å². The summed E-state index contributed by atoms with van der Waals surface area (Å²) in [6.45, 7) is 2.98. The van der Waals surface area contributed by atoms with Crippen LogP contribution in [0.2, 0.25) is 0 Å². The summed E-state index contributed by atoms with van der Waals surface area (Å²) in [5, 5.41) is 2.89. The maximum Gasteiger partial charge on any atom is 0.240 e. The fourth-order valence-corrected chi connectivity index (χ4v) is 2.62. The molecule has 1 aliphatic carbocycles. The number of rotatable bonds is 5. The lowest BCUT2D eigenvalue weighted by atomic mass is 9.82. The first kappa shape index (κ1) is 14.9. The van der Waals surface area contributed by atoms with Crippen LogP contribution in [0.25, 0.3) is 0 Å². The van der Waals surface area contributed by atoms with Gasteiger partial charge in [0.1, 0.15) is 12.4 Å². The van der Waals surface area contributed by atoms with Gasteiger partial charge in [-0.15, -0.1) is 0 Å². The zero-order chi connectivity index (χ0) is 14.4. The van der Waals surface area contributed by atoms with Crippen molar-refractivity contribution < 1.29 is 9.53 Å². The molecule has 1 aliphatic rings. The van der Waals surface area contributed by atoms with E-state index in [1.807, 2.05) is 31.2 Å². The summed E-state index contributed by atoms with van der Waals surface area (Å²) in [7, 11) is 0. The van der Waals surface area contributed by atoms with Gasteiger partial charge in [-0.25, -0.2) is 0 Å². The molecule has 1 fully saturated rings. The SMILES string of the molecule is Cc1cccc(OCCNC(=O)C2(N)CCCCC2)c1. The lowest BCUT2D eigenvalue weighted by Gasteiger charge is -2.31. The van der Waals surface area contributed by atoms with E-state index >= 15 is 0 Å². The molecule has 0 aromatic heterocycles. The van der Waals surface area contributed by atoms with Crippen molar-refractivity contribution in [2.75, 3.05) is 13.2 Å². The van der Waals surface area contributed by atoms with E-state index in [4.69, 9.17) is 10.5 Å². The van der Waals surface area contributed by atoms with Gasteiger partial charge in [0, 0.05) is 0 Å². The fourth-order valence-electron chi connectivity index (χ4n) is 2.62. The molecule has 0 bridgehead atoms. The smallest absolute Gasteiger partial charge is 0.240 e. The minimum atomic E-state index is -0.665. The van der Waals surface area contributed by atoms with E-state index in [0.717, 1.165) is 37.0 Å². The van der Waals surface area contributed by atoms with Crippen LogP contribution in [-0.2, 0) is 4.79 Å². The molecule has 110 valence electrons. The number of amides is 1. The van der Waals surface area contributed by atoms with Gasteiger partial charge in [-0.1, -0.05) is 31.4 Å². The highest BCUT2D eigenvalue weighted by atomic mass is 16.5. The first-order chi connectivity index (χ1) is 9.60. The average molecular weight is 276 g/mol. The largest absolute Gasteiger partial charge is 0.492 e. The highest BCUT2D eigenvalue weighted by Gasteiger charge is 2.34. The van der Waals surface area contributed by atoms with Crippen LogP contribution in [-0.4, -0.2) is 24.6 Å². The Bertz CT molecular complexity index is 454. The topological polar surface area (TPSA) is 64.3 Å². The maximum absolute atomic E-state index is 12.1. The van der Waals surface area contributed by atoms with Crippen LogP contribution in [0.5, 0.6) is 5.75 Å². The van der Waals surface area contributed by atoms with Crippen molar-refractivity contribution in [1.29, 1.82) is 0 Å². The number of aryl methyl sites for hydroxylation is 1. The number of nitrogens with two attached hydrogens (primary N) is 1. The number of hydrogen-bond donors (Lipinski definition) is 2. The monoisotopic (exact) mass is 276 g/mol. The Morgan fingerprint density at radius 2 is 2.10 bits per heavy atom. The van der Waals surface area contributed by atoms with Gasteiger partial charge in [0.05, 0.1) is 12.1 Å². The van der Waals surface area contributed by atoms with Crippen molar-refractivity contribution in [2.45, 2.75) is 44.6 Å². The number of ether oxygens (including phenoxy) is 1. The van der Waals surface area contributed by atoms with Crippen LogP contribution < -0.4 is 15.8 Å². The first-order valence-corrected chi connectivity index (χ1v) is 7.37. The quantitative estimate of drug-likeness (QED) is 0.810. The van der Waals surface area contributed by atoms with E-state index in [0.29, 0.717) is 13.2 Å². The lowest BCUT2D eigenvalue weighted by Crippen LogP contribution is -2.55. The number of nitrogens with one attached hydrogen (secondary N) is 1. The first-order valence-electron chi connectivity index (χ1n) is 7.37. The van der Waals surface area contributed by atoms with Gasteiger partial charge < -0.3 is 15.8 Å². The normalized spacial score (nSPS) is 17.5. The van der Waals surface area contributed by atoms with Crippen LogP contribution >= 0.6 is 0 Å². The Balaban J connectivity index is 1.71. The van der Waals surface area contributed by atoms with Crippen LogP contribution in [0.1, 0.15) is 37.7 Å². The van der Waals surface area contributed by atoms with Crippen LogP contribution in [0.15, 0.2) is 24.3 Å². The molecule has 0 unspecified atom stereocenters. The van der Waals surface area contributed by atoms with E-state index < -0.39 is 5.54 Å². The predicted octanol–water partition coefficient (Wildman–Crippen LogP) is 2.15. The maximum atomic E-state index is 12.1. The Labute approximate surface area is 120 Å². The molecule has 1 aromatic rings. The van der Waals surface area contributed by atoms with Gasteiger partial charge in [-0.05, 0) is 37.5 Å². The molecule has 0 heterocycles. The molecule has 1 aromatic carbocycles. The summed E-state index contributed by atoms with van der Waals surface area (Å²) in [4.78, 5) is 12.1. The van der Waals surface area contributed by atoms with Gasteiger partial charge in [0.25, 0.3) is 0 Å². The zero-order valence-corrected chi connectivity index (χ0v) is 12.2. The van der Waals surface area contributed by atoms with E-state index in [1.165, 1.54) is 6.42 Å². The third-order valence-corrected chi connectivity index (χ3v) is 3.84. The molecule has 0 spiro atoms. The molecule has 3 N–H and O–H groups in total. The second-order valence-corrected chi connectivity index (χ2v) is 5.64. The Morgan fingerprint density at radius 3 is 2.80 bits per heavy atom. The third-order valence-electron chi connectivity index (χ3n) is 3.84. The Hall–Kier alpha value is -1.55. The number of hydrogen-bond acceptors (Lipinski definition) is 3. The molecule has 1 saturated carbocycles. The van der Waals surface area contributed by atoms with Crippen molar-refractivity contribution in [3.8, 4) is 5.75 Å². The number of benzene rings is 1. The van der Waals surface area contributed by atoms with E-state index in [1.54, 1.807) is 0 Å². The minimum Gasteiger partial charge on any atom is -0.492 e. The molecule has 20 heavy (non-hydrogen) atoms. The average Bonchev–Trinajstić information content (AvgIpc) is 2.44.